The van der Waals surface area contributed by atoms with E-state index in [9.17, 15) is 0 Å². The van der Waals surface area contributed by atoms with Gasteiger partial charge in [-0.2, -0.15) is 0 Å². The van der Waals surface area contributed by atoms with Crippen molar-refractivity contribution >= 4 is 12.4 Å². The maximum Gasteiger partial charge on any atom is 0.109 e. The molecule has 0 aromatic heterocycles. The summed E-state index contributed by atoms with van der Waals surface area (Å²) < 4.78 is 0. The second-order valence-corrected chi connectivity index (χ2v) is 6.09. The molecule has 21 heavy (non-hydrogen) atoms. The summed E-state index contributed by atoms with van der Waals surface area (Å²) in [5.74, 6) is 1.66. The fraction of sp³-hybridized carbons (Fsp3) is 0.625. The SMILES string of the molecule is CCCCC1CC(c2ncc3nccc-3[nH]2)CC(C)N1.Cl. The summed E-state index contributed by atoms with van der Waals surface area (Å²) in [6, 6.07) is 3.23. The molecule has 0 aliphatic carbocycles. The smallest absolute Gasteiger partial charge is 0.109 e. The second kappa shape index (κ2) is 7.23. The molecule has 1 saturated heterocycles. The molecule has 2 N–H and O–H groups in total. The van der Waals surface area contributed by atoms with E-state index < -0.39 is 0 Å². The molecule has 3 aliphatic heterocycles. The molecular weight excluding hydrogens is 284 g/mol. The average molecular weight is 309 g/mol. The Bertz CT molecular complexity index is 527. The van der Waals surface area contributed by atoms with Crippen LogP contribution in [0.25, 0.3) is 11.4 Å². The number of aromatic nitrogens is 3. The maximum absolute atomic E-state index is 4.61. The Morgan fingerprint density at radius 1 is 1.29 bits per heavy atom. The van der Waals surface area contributed by atoms with Crippen molar-refractivity contribution in [3.8, 4) is 11.4 Å². The van der Waals surface area contributed by atoms with Crippen molar-refractivity contribution in [3.05, 3.63) is 24.3 Å². The van der Waals surface area contributed by atoms with Crippen LogP contribution >= 0.6 is 12.4 Å². The molecule has 3 aliphatic rings. The first kappa shape index (κ1) is 16.2. The third-order valence-electron chi connectivity index (χ3n) is 4.34. The predicted octanol–water partition coefficient (Wildman–Crippen LogP) is 3.75. The van der Waals surface area contributed by atoms with Crippen LogP contribution in [-0.2, 0) is 0 Å². The van der Waals surface area contributed by atoms with Gasteiger partial charge < -0.3 is 10.3 Å². The highest BCUT2D eigenvalue weighted by molar-refractivity contribution is 5.85. The largest absolute Gasteiger partial charge is 0.342 e. The Morgan fingerprint density at radius 3 is 2.95 bits per heavy atom. The van der Waals surface area contributed by atoms with E-state index in [-0.39, 0.29) is 12.4 Å². The lowest BCUT2D eigenvalue weighted by Gasteiger charge is -2.34. The van der Waals surface area contributed by atoms with Crippen molar-refractivity contribution < 1.29 is 0 Å². The summed E-state index contributed by atoms with van der Waals surface area (Å²) in [7, 11) is 0. The summed E-state index contributed by atoms with van der Waals surface area (Å²) in [5, 5.41) is 3.73. The summed E-state index contributed by atoms with van der Waals surface area (Å²) in [4.78, 5) is 12.3. The number of rotatable bonds is 4. The van der Waals surface area contributed by atoms with Gasteiger partial charge >= 0.3 is 0 Å². The minimum atomic E-state index is 0. The molecule has 0 saturated carbocycles. The number of nitrogens with zero attached hydrogens (tertiary/aromatic N) is 2. The van der Waals surface area contributed by atoms with Crippen molar-refractivity contribution in [2.45, 2.75) is 64.0 Å². The monoisotopic (exact) mass is 308 g/mol. The van der Waals surface area contributed by atoms with E-state index in [1.54, 1.807) is 0 Å². The predicted molar refractivity (Wildman–Crippen MR) is 88.1 cm³/mol. The topological polar surface area (TPSA) is 53.6 Å². The van der Waals surface area contributed by atoms with Crippen LogP contribution in [-0.4, -0.2) is 27.0 Å². The highest BCUT2D eigenvalue weighted by Gasteiger charge is 2.28. The standard InChI is InChI=1S/C16H24N4.ClH/c1-3-4-5-13-9-12(8-11(2)19-13)16-18-10-15-14(20-16)6-7-17-15;/h6-7,10-13,19H,3-5,8-9H2,1-2H3,(H,18,20);1H. The van der Waals surface area contributed by atoms with Crippen LogP contribution in [0.3, 0.4) is 0 Å². The molecule has 5 heteroatoms. The van der Waals surface area contributed by atoms with Crippen LogP contribution in [0.5, 0.6) is 0 Å². The first-order valence-electron chi connectivity index (χ1n) is 7.82. The quantitative estimate of drug-likeness (QED) is 0.904. The molecule has 0 bridgehead atoms. The van der Waals surface area contributed by atoms with E-state index in [2.05, 4.69) is 34.1 Å². The number of hydrogen-bond acceptors (Lipinski definition) is 3. The Labute approximate surface area is 132 Å². The number of nitrogens with one attached hydrogen (secondary N) is 2. The normalized spacial score (nSPS) is 25.7. The van der Waals surface area contributed by atoms with E-state index in [4.69, 9.17) is 0 Å². The molecule has 3 rings (SSSR count). The molecular formula is C16H25ClN4. The zero-order valence-corrected chi connectivity index (χ0v) is 13.6. The summed E-state index contributed by atoms with van der Waals surface area (Å²) in [6.07, 6.45) is 9.93. The third-order valence-corrected chi connectivity index (χ3v) is 4.34. The third kappa shape index (κ3) is 3.74. The van der Waals surface area contributed by atoms with Crippen LogP contribution in [0.1, 0.15) is 57.7 Å². The highest BCUT2D eigenvalue weighted by Crippen LogP contribution is 2.31. The van der Waals surface area contributed by atoms with Crippen LogP contribution in [0, 0.1) is 0 Å². The van der Waals surface area contributed by atoms with Gasteiger partial charge in [0.1, 0.15) is 11.5 Å². The Balaban J connectivity index is 0.00000161. The molecule has 1 fully saturated rings. The van der Waals surface area contributed by atoms with Gasteiger partial charge in [-0.05, 0) is 32.3 Å². The van der Waals surface area contributed by atoms with Gasteiger partial charge in [0.25, 0.3) is 0 Å². The molecule has 3 heterocycles. The minimum absolute atomic E-state index is 0. The molecule has 116 valence electrons. The first-order valence-corrected chi connectivity index (χ1v) is 7.82. The fourth-order valence-corrected chi connectivity index (χ4v) is 3.34. The van der Waals surface area contributed by atoms with Gasteiger partial charge in [0.2, 0.25) is 0 Å². The van der Waals surface area contributed by atoms with Crippen LogP contribution in [0.2, 0.25) is 0 Å². The molecule has 0 spiro atoms. The van der Waals surface area contributed by atoms with E-state index in [0.717, 1.165) is 23.6 Å². The van der Waals surface area contributed by atoms with E-state index >= 15 is 0 Å². The average Bonchev–Trinajstić information content (AvgIpc) is 2.92. The molecule has 0 radical (unpaired) electrons. The van der Waals surface area contributed by atoms with E-state index in [1.807, 2.05) is 18.5 Å². The minimum Gasteiger partial charge on any atom is -0.342 e. The van der Waals surface area contributed by atoms with Crippen molar-refractivity contribution in [2.75, 3.05) is 0 Å². The first-order chi connectivity index (χ1) is 9.76. The molecule has 0 aromatic carbocycles. The Hall–Kier alpha value is -1.13. The highest BCUT2D eigenvalue weighted by atomic mass is 35.5. The van der Waals surface area contributed by atoms with Crippen molar-refractivity contribution in [2.24, 2.45) is 0 Å². The number of halogens is 1. The van der Waals surface area contributed by atoms with Crippen LogP contribution in [0.15, 0.2) is 18.5 Å². The van der Waals surface area contributed by atoms with Gasteiger partial charge in [-0.15, -0.1) is 12.4 Å². The zero-order valence-electron chi connectivity index (χ0n) is 12.8. The van der Waals surface area contributed by atoms with Gasteiger partial charge in [-0.3, -0.25) is 4.98 Å². The summed E-state index contributed by atoms with van der Waals surface area (Å²) in [5.41, 5.74) is 2.06. The fourth-order valence-electron chi connectivity index (χ4n) is 3.34. The summed E-state index contributed by atoms with van der Waals surface area (Å²) in [6.45, 7) is 4.54. The second-order valence-electron chi connectivity index (χ2n) is 6.09. The maximum atomic E-state index is 4.61. The number of piperidine rings is 1. The molecule has 3 unspecified atom stereocenters. The lowest BCUT2D eigenvalue weighted by atomic mass is 9.86. The molecule has 0 aromatic rings. The summed E-state index contributed by atoms with van der Waals surface area (Å²) >= 11 is 0. The van der Waals surface area contributed by atoms with Crippen LogP contribution in [0.4, 0.5) is 0 Å². The lowest BCUT2D eigenvalue weighted by Crippen LogP contribution is -2.43. The van der Waals surface area contributed by atoms with Crippen molar-refractivity contribution in [1.82, 2.24) is 20.3 Å². The number of aromatic amines is 1. The molecule has 0 amide bonds. The van der Waals surface area contributed by atoms with Crippen LogP contribution < -0.4 is 5.32 Å². The number of H-pyrrole nitrogens is 1. The van der Waals surface area contributed by atoms with Gasteiger partial charge in [-0.25, -0.2) is 4.98 Å². The lowest BCUT2D eigenvalue weighted by molar-refractivity contribution is 0.281. The van der Waals surface area contributed by atoms with Gasteiger partial charge in [-0.1, -0.05) is 19.8 Å². The van der Waals surface area contributed by atoms with Gasteiger partial charge in [0.15, 0.2) is 0 Å². The van der Waals surface area contributed by atoms with E-state index in [1.165, 1.54) is 25.7 Å². The number of unbranched alkanes of at least 4 members (excludes halogenated alkanes) is 1. The molecule has 3 atom stereocenters. The molecule has 4 nitrogen and oxygen atoms in total. The van der Waals surface area contributed by atoms with Gasteiger partial charge in [0, 0.05) is 24.2 Å². The number of hydrogen-bond donors (Lipinski definition) is 2. The van der Waals surface area contributed by atoms with E-state index in [0.29, 0.717) is 18.0 Å². The zero-order chi connectivity index (χ0) is 13.9. The van der Waals surface area contributed by atoms with Gasteiger partial charge in [0.05, 0.1) is 11.9 Å². The van der Waals surface area contributed by atoms with Crippen molar-refractivity contribution in [3.63, 3.8) is 0 Å². The Kier molecular flexibility index (Phi) is 5.59. The Morgan fingerprint density at radius 2 is 2.14 bits per heavy atom. The van der Waals surface area contributed by atoms with Crippen molar-refractivity contribution in [1.29, 1.82) is 0 Å². The number of fused-ring (bicyclic) bond motifs is 1.